The monoisotopic (exact) mass is 313 g/mol. The van der Waals surface area contributed by atoms with Crippen molar-refractivity contribution in [2.75, 3.05) is 11.4 Å². The van der Waals surface area contributed by atoms with E-state index in [1.165, 1.54) is 11.6 Å². The Labute approximate surface area is 124 Å². The summed E-state index contributed by atoms with van der Waals surface area (Å²) in [6.45, 7) is 1.11. The van der Waals surface area contributed by atoms with Gasteiger partial charge in [-0.05, 0) is 17.5 Å². The lowest BCUT2D eigenvalue weighted by Crippen LogP contribution is -2.31. The molecule has 1 aromatic carbocycles. The topological polar surface area (TPSA) is 29.0 Å². The SMILES string of the molecule is FC(F)(F)c1nc(Cl)cc(N2CCc3ccccc3C2)n1. The molecular weight excluding hydrogens is 303 g/mol. The van der Waals surface area contributed by atoms with E-state index in [-0.39, 0.29) is 11.0 Å². The van der Waals surface area contributed by atoms with Crippen LogP contribution in [0.2, 0.25) is 5.15 Å². The average molecular weight is 314 g/mol. The summed E-state index contributed by atoms with van der Waals surface area (Å²) in [6.07, 6.45) is -3.84. The van der Waals surface area contributed by atoms with Crippen LogP contribution in [-0.2, 0) is 19.1 Å². The molecule has 0 radical (unpaired) electrons. The molecule has 0 bridgehead atoms. The van der Waals surface area contributed by atoms with Crippen LogP contribution in [0.5, 0.6) is 0 Å². The smallest absolute Gasteiger partial charge is 0.352 e. The minimum Gasteiger partial charge on any atom is -0.352 e. The minimum absolute atomic E-state index is 0.203. The molecular formula is C14H11ClF3N3. The highest BCUT2D eigenvalue weighted by atomic mass is 35.5. The van der Waals surface area contributed by atoms with E-state index in [9.17, 15) is 13.2 Å². The fourth-order valence-corrected chi connectivity index (χ4v) is 2.56. The molecule has 3 nitrogen and oxygen atoms in total. The van der Waals surface area contributed by atoms with Gasteiger partial charge < -0.3 is 4.90 Å². The van der Waals surface area contributed by atoms with E-state index in [4.69, 9.17) is 11.6 Å². The summed E-state index contributed by atoms with van der Waals surface area (Å²) in [5.74, 6) is -0.999. The summed E-state index contributed by atoms with van der Waals surface area (Å²) in [7, 11) is 0. The van der Waals surface area contributed by atoms with Crippen LogP contribution in [0.25, 0.3) is 0 Å². The summed E-state index contributed by atoms with van der Waals surface area (Å²) in [5.41, 5.74) is 2.30. The Balaban J connectivity index is 1.94. The lowest BCUT2D eigenvalue weighted by Gasteiger charge is -2.30. The molecule has 0 aliphatic carbocycles. The van der Waals surface area contributed by atoms with Crippen molar-refractivity contribution in [2.45, 2.75) is 19.1 Å². The van der Waals surface area contributed by atoms with Crippen molar-refractivity contribution >= 4 is 17.4 Å². The molecule has 110 valence electrons. The first-order valence-corrected chi connectivity index (χ1v) is 6.75. The third-order valence-electron chi connectivity index (χ3n) is 3.39. The molecule has 0 spiro atoms. The Morgan fingerprint density at radius 1 is 1.10 bits per heavy atom. The van der Waals surface area contributed by atoms with Crippen molar-refractivity contribution in [3.05, 3.63) is 52.4 Å². The molecule has 1 aliphatic rings. The van der Waals surface area contributed by atoms with Crippen molar-refractivity contribution in [3.63, 3.8) is 0 Å². The summed E-state index contributed by atoms with van der Waals surface area (Å²) in [5, 5.41) is -0.203. The molecule has 0 saturated heterocycles. The van der Waals surface area contributed by atoms with Gasteiger partial charge in [-0.1, -0.05) is 35.9 Å². The van der Waals surface area contributed by atoms with Crippen LogP contribution in [0.3, 0.4) is 0 Å². The van der Waals surface area contributed by atoms with Crippen LogP contribution in [-0.4, -0.2) is 16.5 Å². The Bertz CT molecular complexity index is 673. The second-order valence-electron chi connectivity index (χ2n) is 4.81. The van der Waals surface area contributed by atoms with Gasteiger partial charge in [-0.2, -0.15) is 13.2 Å². The van der Waals surface area contributed by atoms with Gasteiger partial charge in [-0.15, -0.1) is 0 Å². The summed E-state index contributed by atoms with van der Waals surface area (Å²) in [6, 6.07) is 9.23. The normalized spacial score (nSPS) is 15.0. The van der Waals surface area contributed by atoms with E-state index in [2.05, 4.69) is 9.97 Å². The maximum atomic E-state index is 12.8. The molecule has 0 atom stereocenters. The predicted molar refractivity (Wildman–Crippen MR) is 73.2 cm³/mol. The third kappa shape index (κ3) is 2.95. The Kier molecular flexibility index (Phi) is 3.49. The van der Waals surface area contributed by atoms with E-state index in [1.54, 1.807) is 4.90 Å². The van der Waals surface area contributed by atoms with E-state index in [0.29, 0.717) is 13.1 Å². The molecule has 1 aromatic heterocycles. The number of halogens is 4. The second kappa shape index (κ2) is 5.18. The molecule has 0 amide bonds. The van der Waals surface area contributed by atoms with Crippen LogP contribution in [0.15, 0.2) is 30.3 Å². The van der Waals surface area contributed by atoms with Gasteiger partial charge in [0.1, 0.15) is 11.0 Å². The second-order valence-corrected chi connectivity index (χ2v) is 5.20. The van der Waals surface area contributed by atoms with Gasteiger partial charge in [0.05, 0.1) is 0 Å². The molecule has 1 aliphatic heterocycles. The van der Waals surface area contributed by atoms with E-state index in [1.807, 2.05) is 24.3 Å². The Hall–Kier alpha value is -1.82. The van der Waals surface area contributed by atoms with Gasteiger partial charge in [0.25, 0.3) is 0 Å². The fraction of sp³-hybridized carbons (Fsp3) is 0.286. The zero-order valence-electron chi connectivity index (χ0n) is 10.9. The molecule has 0 N–H and O–H groups in total. The maximum Gasteiger partial charge on any atom is 0.451 e. The van der Waals surface area contributed by atoms with Crippen molar-refractivity contribution < 1.29 is 13.2 Å². The van der Waals surface area contributed by atoms with Crippen molar-refractivity contribution in [1.29, 1.82) is 0 Å². The van der Waals surface area contributed by atoms with Crippen LogP contribution in [0.4, 0.5) is 19.0 Å². The zero-order valence-corrected chi connectivity index (χ0v) is 11.6. The predicted octanol–water partition coefficient (Wildman–Crippen LogP) is 3.71. The van der Waals surface area contributed by atoms with Gasteiger partial charge in [0, 0.05) is 19.2 Å². The molecule has 21 heavy (non-hydrogen) atoms. The number of hydrogen-bond acceptors (Lipinski definition) is 3. The molecule has 3 rings (SSSR count). The van der Waals surface area contributed by atoms with Gasteiger partial charge >= 0.3 is 6.18 Å². The van der Waals surface area contributed by atoms with Gasteiger partial charge in [-0.3, -0.25) is 0 Å². The lowest BCUT2D eigenvalue weighted by atomic mass is 10.00. The van der Waals surface area contributed by atoms with E-state index < -0.39 is 12.0 Å². The largest absolute Gasteiger partial charge is 0.451 e. The van der Waals surface area contributed by atoms with Crippen molar-refractivity contribution in [1.82, 2.24) is 9.97 Å². The van der Waals surface area contributed by atoms with Crippen LogP contribution >= 0.6 is 11.6 Å². The van der Waals surface area contributed by atoms with Gasteiger partial charge in [0.2, 0.25) is 5.82 Å². The average Bonchev–Trinajstić information content (AvgIpc) is 2.45. The first-order valence-electron chi connectivity index (χ1n) is 6.37. The highest BCUT2D eigenvalue weighted by Crippen LogP contribution is 2.30. The standard InChI is InChI=1S/C14H11ClF3N3/c15-11-7-12(20-13(19-11)14(16,17)18)21-6-5-9-3-1-2-4-10(9)8-21/h1-4,7H,5-6,8H2. The van der Waals surface area contributed by atoms with Crippen LogP contribution in [0.1, 0.15) is 17.0 Å². The maximum absolute atomic E-state index is 12.8. The first kappa shape index (κ1) is 14.1. The highest BCUT2D eigenvalue weighted by Gasteiger charge is 2.36. The Morgan fingerprint density at radius 3 is 2.52 bits per heavy atom. The molecule has 2 heterocycles. The van der Waals surface area contributed by atoms with Crippen LogP contribution < -0.4 is 4.90 Å². The number of nitrogens with zero attached hydrogens (tertiary/aromatic N) is 3. The number of fused-ring (bicyclic) bond motifs is 1. The Morgan fingerprint density at radius 2 is 1.81 bits per heavy atom. The lowest BCUT2D eigenvalue weighted by molar-refractivity contribution is -0.144. The number of hydrogen-bond donors (Lipinski definition) is 0. The summed E-state index contributed by atoms with van der Waals surface area (Å²) < 4.78 is 38.3. The number of aromatic nitrogens is 2. The first-order chi connectivity index (χ1) is 9.93. The third-order valence-corrected chi connectivity index (χ3v) is 3.58. The number of alkyl halides is 3. The highest BCUT2D eigenvalue weighted by molar-refractivity contribution is 6.29. The minimum atomic E-state index is -4.60. The van der Waals surface area contributed by atoms with E-state index in [0.717, 1.165) is 12.0 Å². The quantitative estimate of drug-likeness (QED) is 0.752. The van der Waals surface area contributed by atoms with E-state index >= 15 is 0 Å². The molecule has 7 heteroatoms. The van der Waals surface area contributed by atoms with Gasteiger partial charge in [-0.25, -0.2) is 9.97 Å². The summed E-state index contributed by atoms with van der Waals surface area (Å²) >= 11 is 5.70. The van der Waals surface area contributed by atoms with Crippen molar-refractivity contribution in [2.24, 2.45) is 0 Å². The molecule has 0 saturated carbocycles. The summed E-state index contributed by atoms with van der Waals surface area (Å²) in [4.78, 5) is 8.64. The molecule has 0 unspecified atom stereocenters. The molecule has 2 aromatic rings. The number of anilines is 1. The fourth-order valence-electron chi connectivity index (χ4n) is 2.39. The van der Waals surface area contributed by atoms with Crippen molar-refractivity contribution in [3.8, 4) is 0 Å². The zero-order chi connectivity index (χ0) is 15.0. The molecule has 0 fully saturated rings. The van der Waals surface area contributed by atoms with Crippen LogP contribution in [0, 0.1) is 0 Å². The number of rotatable bonds is 1. The number of benzene rings is 1. The van der Waals surface area contributed by atoms with Gasteiger partial charge in [0.15, 0.2) is 0 Å².